The van der Waals surface area contributed by atoms with Crippen molar-refractivity contribution in [1.82, 2.24) is 30.0 Å². The maximum atomic E-state index is 14.1. The van der Waals surface area contributed by atoms with Crippen LogP contribution >= 0.6 is 11.3 Å². The van der Waals surface area contributed by atoms with Gasteiger partial charge in [0.1, 0.15) is 34.5 Å². The van der Waals surface area contributed by atoms with Crippen molar-refractivity contribution < 1.29 is 33.4 Å². The van der Waals surface area contributed by atoms with Gasteiger partial charge >= 0.3 is 5.97 Å². The van der Waals surface area contributed by atoms with Crippen molar-refractivity contribution in [2.24, 2.45) is 13.0 Å². The van der Waals surface area contributed by atoms with E-state index in [4.69, 9.17) is 24.3 Å². The summed E-state index contributed by atoms with van der Waals surface area (Å²) in [4.78, 5) is 66.8. The monoisotopic (exact) mass is 1070 g/mol. The molecule has 0 radical (unpaired) electrons. The number of aryl methyl sites for hydroxylation is 1. The number of rotatable bonds is 15. The van der Waals surface area contributed by atoms with Crippen LogP contribution in [0.4, 0.5) is 10.9 Å². The number of thiazole rings is 1. The number of amides is 3. The first kappa shape index (κ1) is 52.9. The number of imide groups is 1. The van der Waals surface area contributed by atoms with E-state index in [2.05, 4.69) is 38.4 Å². The Labute approximate surface area is 460 Å². The van der Waals surface area contributed by atoms with E-state index in [-0.39, 0.29) is 35.6 Å². The van der Waals surface area contributed by atoms with Crippen molar-refractivity contribution in [1.29, 1.82) is 0 Å². The lowest BCUT2D eigenvalue weighted by molar-refractivity contribution is -0.134. The van der Waals surface area contributed by atoms with E-state index in [1.165, 1.54) is 30.6 Å². The number of carbonyl (C=O) groups is 4. The third-order valence-corrected chi connectivity index (χ3v) is 17.0. The lowest BCUT2D eigenvalue weighted by Crippen LogP contribution is -2.39. The number of ether oxygens (including phenoxy) is 3. The average Bonchev–Trinajstić information content (AvgIpc) is 4.17. The molecular formula is C62H70N8O7S. The van der Waals surface area contributed by atoms with E-state index in [0.29, 0.717) is 66.0 Å². The van der Waals surface area contributed by atoms with E-state index in [1.807, 2.05) is 117 Å². The van der Waals surface area contributed by atoms with Gasteiger partial charge in [-0.3, -0.25) is 29.7 Å². The summed E-state index contributed by atoms with van der Waals surface area (Å²) in [7, 11) is 1.89. The van der Waals surface area contributed by atoms with Crippen LogP contribution in [-0.4, -0.2) is 92.3 Å². The molecule has 2 N–H and O–H groups in total. The van der Waals surface area contributed by atoms with Crippen LogP contribution in [0, 0.1) is 12.8 Å². The molecule has 1 aliphatic carbocycles. The van der Waals surface area contributed by atoms with Crippen molar-refractivity contribution in [2.45, 2.75) is 135 Å². The third-order valence-electron chi connectivity index (χ3n) is 16.1. The van der Waals surface area contributed by atoms with Gasteiger partial charge in [0, 0.05) is 56.2 Å². The molecule has 4 aliphatic rings. The minimum Gasteiger partial charge on any atom is -0.490 e. The molecule has 11 rings (SSSR count). The summed E-state index contributed by atoms with van der Waals surface area (Å²) in [5.41, 5.74) is 7.11. The number of pyridine rings is 1. The number of esters is 1. The number of benzene rings is 4. The second-order valence-corrected chi connectivity index (χ2v) is 23.7. The predicted molar refractivity (Wildman–Crippen MR) is 305 cm³/mol. The lowest BCUT2D eigenvalue weighted by Gasteiger charge is -2.32. The summed E-state index contributed by atoms with van der Waals surface area (Å²) in [6, 6.07) is 29.7. The highest BCUT2D eigenvalue weighted by atomic mass is 32.1. The molecule has 1 atom stereocenters. The van der Waals surface area contributed by atoms with Gasteiger partial charge in [0.15, 0.2) is 10.8 Å². The predicted octanol–water partition coefficient (Wildman–Crippen LogP) is 11.5. The first-order chi connectivity index (χ1) is 37.7. The Kier molecular flexibility index (Phi) is 15.4. The maximum absolute atomic E-state index is 14.1. The number of para-hydroxylation sites is 2. The number of hydrogen-bond donors (Lipinski definition) is 2. The Morgan fingerprint density at radius 2 is 1.54 bits per heavy atom. The minimum absolute atomic E-state index is 0.114. The van der Waals surface area contributed by atoms with Crippen LogP contribution in [0.5, 0.6) is 11.5 Å². The zero-order valence-corrected chi connectivity index (χ0v) is 46.3. The van der Waals surface area contributed by atoms with Crippen LogP contribution in [0.15, 0.2) is 91.0 Å². The average molecular weight is 1070 g/mol. The number of aromatic nitrogens is 4. The number of unbranched alkanes of at least 4 members (excludes halogenated alkanes) is 1. The van der Waals surface area contributed by atoms with Crippen molar-refractivity contribution in [3.8, 4) is 22.6 Å². The molecule has 4 aromatic carbocycles. The van der Waals surface area contributed by atoms with Gasteiger partial charge in [-0.25, -0.2) is 14.8 Å². The highest BCUT2D eigenvalue weighted by molar-refractivity contribution is 7.22. The standard InChI is InChI=1S/C62H70N8O7S/c1-38-43(44-26-28-53(64-56(44)60(74)77-62(2,3)4)70-36-30-40-14-10-16-45(48(40)37-70)58(72)66-61-63-49-18-6-7-21-52(49)78-61)15-11-19-50(38)75-41-24-22-39(23-25-41)13-8-9-33-69-34-31-42(32-35-69)76-51-20-12-17-46-55(67-68(5)57(46)51)47-27-29-54(71)65-59(47)73/h6-7,10-12,14-21,26,28,39,41-42,47H,8-9,13,22-25,27,29-37H2,1-5H3,(H,63,66,72)(H,65,71,73). The summed E-state index contributed by atoms with van der Waals surface area (Å²) in [6.07, 6.45) is 11.6. The fourth-order valence-electron chi connectivity index (χ4n) is 12.0. The molecule has 7 aromatic rings. The van der Waals surface area contributed by atoms with Gasteiger partial charge in [-0.15, -0.1) is 0 Å². The molecule has 78 heavy (non-hydrogen) atoms. The van der Waals surface area contributed by atoms with Gasteiger partial charge in [-0.2, -0.15) is 5.10 Å². The van der Waals surface area contributed by atoms with Gasteiger partial charge in [0.2, 0.25) is 11.8 Å². The summed E-state index contributed by atoms with van der Waals surface area (Å²) >= 11 is 1.45. The number of hydrogen-bond acceptors (Lipinski definition) is 13. The number of carbonyl (C=O) groups excluding carboxylic acids is 4. The van der Waals surface area contributed by atoms with Crippen molar-refractivity contribution >= 4 is 67.1 Å². The molecule has 0 spiro atoms. The first-order valence-electron chi connectivity index (χ1n) is 27.9. The van der Waals surface area contributed by atoms with Crippen molar-refractivity contribution in [2.75, 3.05) is 36.4 Å². The Balaban J connectivity index is 0.671. The van der Waals surface area contributed by atoms with Gasteiger partial charge in [0.05, 0.1) is 27.9 Å². The van der Waals surface area contributed by atoms with Crippen molar-refractivity contribution in [3.05, 3.63) is 125 Å². The molecule has 3 amide bonds. The minimum atomic E-state index is -0.732. The zero-order valence-electron chi connectivity index (χ0n) is 45.4. The lowest BCUT2D eigenvalue weighted by atomic mass is 9.84. The smallest absolute Gasteiger partial charge is 0.358 e. The van der Waals surface area contributed by atoms with Crippen LogP contribution in [0.1, 0.15) is 141 Å². The second-order valence-electron chi connectivity index (χ2n) is 22.6. The summed E-state index contributed by atoms with van der Waals surface area (Å²) in [6.45, 7) is 11.9. The fourth-order valence-corrected chi connectivity index (χ4v) is 12.9. The zero-order chi connectivity index (χ0) is 54.1. The Morgan fingerprint density at radius 3 is 2.33 bits per heavy atom. The largest absolute Gasteiger partial charge is 0.490 e. The molecule has 406 valence electrons. The van der Waals surface area contributed by atoms with E-state index in [1.54, 1.807) is 0 Å². The molecule has 1 saturated carbocycles. The molecule has 6 heterocycles. The highest BCUT2D eigenvalue weighted by Gasteiger charge is 2.34. The Morgan fingerprint density at radius 1 is 0.782 bits per heavy atom. The van der Waals surface area contributed by atoms with Gasteiger partial charge < -0.3 is 24.0 Å². The van der Waals surface area contributed by atoms with Crippen LogP contribution in [0.2, 0.25) is 0 Å². The third kappa shape index (κ3) is 11.7. The van der Waals surface area contributed by atoms with E-state index < -0.39 is 17.5 Å². The molecule has 2 saturated heterocycles. The van der Waals surface area contributed by atoms with Gasteiger partial charge in [-0.05, 0) is 163 Å². The quantitative estimate of drug-likeness (QED) is 0.0567. The van der Waals surface area contributed by atoms with E-state index in [0.717, 1.165) is 113 Å². The number of anilines is 2. The van der Waals surface area contributed by atoms with Crippen molar-refractivity contribution in [3.63, 3.8) is 0 Å². The molecule has 3 aromatic heterocycles. The normalized spacial score (nSPS) is 19.4. The number of nitrogens with zero attached hydrogens (tertiary/aromatic N) is 6. The maximum Gasteiger partial charge on any atom is 0.358 e. The van der Waals surface area contributed by atoms with E-state index in [9.17, 15) is 19.2 Å². The van der Waals surface area contributed by atoms with Crippen LogP contribution in [0.3, 0.4) is 0 Å². The first-order valence-corrected chi connectivity index (χ1v) is 28.7. The number of fused-ring (bicyclic) bond motifs is 3. The Bertz CT molecular complexity index is 3350. The van der Waals surface area contributed by atoms with Crippen LogP contribution in [-0.2, 0) is 34.3 Å². The Hall–Kier alpha value is -7.17. The summed E-state index contributed by atoms with van der Waals surface area (Å²) in [5.74, 6) is 1.30. The molecule has 15 nitrogen and oxygen atoms in total. The van der Waals surface area contributed by atoms with Crippen LogP contribution in [0.25, 0.3) is 32.2 Å². The fraction of sp³-hybridized carbons (Fsp3) is 0.435. The number of likely N-dealkylation sites (tertiary alicyclic amines) is 1. The molecule has 16 heteroatoms. The summed E-state index contributed by atoms with van der Waals surface area (Å²) < 4.78 is 22.2. The van der Waals surface area contributed by atoms with Gasteiger partial charge in [0.25, 0.3) is 5.91 Å². The number of nitrogens with one attached hydrogen (secondary N) is 2. The molecule has 3 fully saturated rings. The molecule has 3 aliphatic heterocycles. The molecule has 1 unspecified atom stereocenters. The van der Waals surface area contributed by atoms with Crippen LogP contribution < -0.4 is 25.0 Å². The second kappa shape index (κ2) is 22.7. The van der Waals surface area contributed by atoms with Gasteiger partial charge in [-0.1, -0.05) is 72.7 Å². The number of piperidine rings is 2. The van der Waals surface area contributed by atoms with E-state index >= 15 is 0 Å². The topological polar surface area (TPSA) is 170 Å². The summed E-state index contributed by atoms with van der Waals surface area (Å²) in [5, 5.41) is 11.7. The SMILES string of the molecule is Cc1c(OC2CCC(CCCCN3CCC(Oc4cccc5c(C6CCC(=O)NC6=O)nn(C)c45)CC3)CC2)cccc1-c1ccc(N2CCc3cccc(C(=O)Nc4nc5ccccc5s4)c3C2)nc1C(=O)OC(C)(C)C. The molecular weight excluding hydrogens is 1000 g/mol. The molecule has 0 bridgehead atoms. The highest BCUT2D eigenvalue weighted by Crippen LogP contribution is 2.39.